The van der Waals surface area contributed by atoms with Gasteiger partial charge in [0.05, 0.1) is 12.2 Å². The Balaban J connectivity index is 0.000000648. The Labute approximate surface area is 142 Å². The fourth-order valence-electron chi connectivity index (χ4n) is 3.22. The third-order valence-electron chi connectivity index (χ3n) is 4.38. The van der Waals surface area contributed by atoms with E-state index in [1.807, 2.05) is 7.11 Å². The average Bonchev–Trinajstić information content (AvgIpc) is 2.54. The molecule has 1 fully saturated rings. The first kappa shape index (κ1) is 20.2. The maximum atomic E-state index is 8.36. The van der Waals surface area contributed by atoms with Gasteiger partial charge < -0.3 is 20.4 Å². The zero-order valence-corrected chi connectivity index (χ0v) is 14.7. The minimum Gasteiger partial charge on any atom is -0.493 e. The first-order valence-electron chi connectivity index (χ1n) is 8.23. The molecule has 0 amide bonds. The molecule has 0 bridgehead atoms. The molecule has 0 atom stereocenters. The summed E-state index contributed by atoms with van der Waals surface area (Å²) in [6.45, 7) is 5.01. The Morgan fingerprint density at radius 1 is 1.42 bits per heavy atom. The van der Waals surface area contributed by atoms with Gasteiger partial charge in [-0.2, -0.15) is 0 Å². The highest BCUT2D eigenvalue weighted by molar-refractivity contribution is 5.44. The lowest BCUT2D eigenvalue weighted by Crippen LogP contribution is -2.39. The van der Waals surface area contributed by atoms with E-state index in [-0.39, 0.29) is 5.60 Å². The van der Waals surface area contributed by atoms with E-state index < -0.39 is 5.09 Å². The molecule has 136 valence electrons. The van der Waals surface area contributed by atoms with E-state index in [0.29, 0.717) is 6.04 Å². The molecule has 0 aliphatic heterocycles. The Kier molecular flexibility index (Phi) is 7.94. The van der Waals surface area contributed by atoms with Crippen LogP contribution in [0.2, 0.25) is 0 Å². The number of ether oxygens (including phenoxy) is 2. The molecule has 0 aromatic heterocycles. The number of nitrogens with two attached hydrogens (primary N) is 1. The third-order valence-corrected chi connectivity index (χ3v) is 4.38. The van der Waals surface area contributed by atoms with Gasteiger partial charge in [0.1, 0.15) is 5.75 Å². The Morgan fingerprint density at radius 2 is 2.00 bits per heavy atom. The van der Waals surface area contributed by atoms with E-state index in [2.05, 4.69) is 32.0 Å². The maximum Gasteiger partial charge on any atom is 0.291 e. The smallest absolute Gasteiger partial charge is 0.291 e. The van der Waals surface area contributed by atoms with Crippen LogP contribution < -0.4 is 10.5 Å². The fourth-order valence-corrected chi connectivity index (χ4v) is 3.22. The van der Waals surface area contributed by atoms with E-state index in [1.54, 1.807) is 0 Å². The minimum absolute atomic E-state index is 0.232. The van der Waals surface area contributed by atoms with Crippen molar-refractivity contribution in [3.63, 3.8) is 0 Å². The van der Waals surface area contributed by atoms with Crippen molar-refractivity contribution in [3.8, 4) is 5.75 Å². The lowest BCUT2D eigenvalue weighted by Gasteiger charge is -2.40. The van der Waals surface area contributed by atoms with E-state index in [9.17, 15) is 0 Å². The number of nitrogens with zero attached hydrogens (tertiary/aromatic N) is 1. The van der Waals surface area contributed by atoms with Crippen molar-refractivity contribution in [2.45, 2.75) is 57.6 Å². The van der Waals surface area contributed by atoms with Crippen LogP contribution in [-0.4, -0.2) is 30.1 Å². The van der Waals surface area contributed by atoms with Crippen molar-refractivity contribution in [1.29, 1.82) is 0 Å². The number of rotatable bonds is 5. The van der Waals surface area contributed by atoms with Crippen molar-refractivity contribution in [2.75, 3.05) is 13.7 Å². The maximum absolute atomic E-state index is 8.36. The van der Waals surface area contributed by atoms with Gasteiger partial charge in [-0.25, -0.2) is 0 Å². The summed E-state index contributed by atoms with van der Waals surface area (Å²) in [7, 11) is 1.81. The van der Waals surface area contributed by atoms with Crippen LogP contribution in [0.25, 0.3) is 0 Å². The highest BCUT2D eigenvalue weighted by Crippen LogP contribution is 2.45. The van der Waals surface area contributed by atoms with E-state index in [4.69, 9.17) is 30.5 Å². The molecule has 0 radical (unpaired) electrons. The van der Waals surface area contributed by atoms with Crippen LogP contribution in [0.3, 0.4) is 0 Å². The lowest BCUT2D eigenvalue weighted by atomic mass is 9.76. The summed E-state index contributed by atoms with van der Waals surface area (Å²) >= 11 is 0. The normalized spacial score (nSPS) is 23.1. The molecule has 0 unspecified atom stereocenters. The van der Waals surface area contributed by atoms with Gasteiger partial charge in [0.15, 0.2) is 0 Å². The molecule has 0 heterocycles. The molecule has 2 rings (SSSR count). The SMILES string of the molecule is CCCOc1cccc(C)c1C1(OC)CCC(N)CC1.O=[N+]([O-])O. The van der Waals surface area contributed by atoms with Gasteiger partial charge in [0, 0.05) is 18.7 Å². The third kappa shape index (κ3) is 5.35. The van der Waals surface area contributed by atoms with Crippen LogP contribution in [0.1, 0.15) is 50.2 Å². The lowest BCUT2D eigenvalue weighted by molar-refractivity contribution is -0.742. The van der Waals surface area contributed by atoms with Gasteiger partial charge in [0.2, 0.25) is 0 Å². The van der Waals surface area contributed by atoms with Crippen LogP contribution in [0.5, 0.6) is 5.75 Å². The standard InChI is InChI=1S/C17H27NO2.HNO3/c1-4-12-20-15-7-5-6-13(2)16(15)17(19-3)10-8-14(18)9-11-17;2-1(3)4/h5-7,14H,4,8-12,18H2,1-3H3;(H,2,3,4). The van der Waals surface area contributed by atoms with Crippen LogP contribution in [0.15, 0.2) is 18.2 Å². The number of hydrogen-bond donors (Lipinski definition) is 2. The molecule has 24 heavy (non-hydrogen) atoms. The van der Waals surface area contributed by atoms with Gasteiger partial charge in [-0.3, -0.25) is 0 Å². The Hall–Kier alpha value is -1.86. The van der Waals surface area contributed by atoms with Crippen LogP contribution in [0, 0.1) is 17.0 Å². The number of aryl methyl sites for hydroxylation is 1. The van der Waals surface area contributed by atoms with Gasteiger partial charge in [-0.15, -0.1) is 10.1 Å². The summed E-state index contributed by atoms with van der Waals surface area (Å²) in [5, 5.41) is 13.6. The monoisotopic (exact) mass is 340 g/mol. The predicted molar refractivity (Wildman–Crippen MR) is 90.9 cm³/mol. The van der Waals surface area contributed by atoms with E-state index in [1.165, 1.54) is 11.1 Å². The second kappa shape index (κ2) is 9.44. The largest absolute Gasteiger partial charge is 0.493 e. The molecular weight excluding hydrogens is 312 g/mol. The minimum atomic E-state index is -1.50. The average molecular weight is 340 g/mol. The highest BCUT2D eigenvalue weighted by atomic mass is 16.9. The molecule has 7 heteroatoms. The first-order chi connectivity index (χ1) is 11.4. The molecule has 3 N–H and O–H groups in total. The molecule has 1 saturated carbocycles. The molecule has 1 aromatic carbocycles. The van der Waals surface area contributed by atoms with Gasteiger partial charge >= 0.3 is 0 Å². The molecular formula is C17H28N2O5. The zero-order valence-electron chi connectivity index (χ0n) is 14.7. The summed E-state index contributed by atoms with van der Waals surface area (Å²) in [5.74, 6) is 0.976. The van der Waals surface area contributed by atoms with E-state index >= 15 is 0 Å². The predicted octanol–water partition coefficient (Wildman–Crippen LogP) is 3.18. The molecule has 1 aliphatic carbocycles. The Morgan fingerprint density at radius 3 is 2.50 bits per heavy atom. The fraction of sp³-hybridized carbons (Fsp3) is 0.647. The summed E-state index contributed by atoms with van der Waals surface area (Å²) in [6.07, 6.45) is 4.97. The quantitative estimate of drug-likeness (QED) is 0.629. The Bertz CT molecular complexity index is 524. The van der Waals surface area contributed by atoms with Crippen molar-refractivity contribution >= 4 is 0 Å². The molecule has 0 spiro atoms. The summed E-state index contributed by atoms with van der Waals surface area (Å²) in [6, 6.07) is 6.57. The molecule has 1 aromatic rings. The number of methoxy groups -OCH3 is 1. The number of hydrogen-bond acceptors (Lipinski definition) is 5. The summed E-state index contributed by atoms with van der Waals surface area (Å²) in [5.41, 5.74) is 8.30. The van der Waals surface area contributed by atoms with Gasteiger partial charge in [0.25, 0.3) is 5.09 Å². The van der Waals surface area contributed by atoms with Crippen LogP contribution >= 0.6 is 0 Å². The molecule has 7 nitrogen and oxygen atoms in total. The molecule has 1 aliphatic rings. The summed E-state index contributed by atoms with van der Waals surface area (Å²) in [4.78, 5) is 8.36. The first-order valence-corrected chi connectivity index (χ1v) is 8.23. The number of benzene rings is 1. The molecule has 0 saturated heterocycles. The summed E-state index contributed by atoms with van der Waals surface area (Å²) < 4.78 is 11.9. The van der Waals surface area contributed by atoms with Gasteiger partial charge in [-0.1, -0.05) is 19.1 Å². The van der Waals surface area contributed by atoms with E-state index in [0.717, 1.165) is 44.5 Å². The van der Waals surface area contributed by atoms with Crippen molar-refractivity contribution in [1.82, 2.24) is 0 Å². The van der Waals surface area contributed by atoms with Crippen molar-refractivity contribution < 1.29 is 19.8 Å². The van der Waals surface area contributed by atoms with Crippen LogP contribution in [0.4, 0.5) is 0 Å². The van der Waals surface area contributed by atoms with Crippen LogP contribution in [-0.2, 0) is 10.3 Å². The highest BCUT2D eigenvalue weighted by Gasteiger charge is 2.39. The zero-order chi connectivity index (χ0) is 18.2. The van der Waals surface area contributed by atoms with Crippen molar-refractivity contribution in [2.24, 2.45) is 5.73 Å². The second-order valence-corrected chi connectivity index (χ2v) is 6.07. The van der Waals surface area contributed by atoms with Crippen molar-refractivity contribution in [3.05, 3.63) is 39.4 Å². The second-order valence-electron chi connectivity index (χ2n) is 6.07. The topological polar surface area (TPSA) is 108 Å². The van der Waals surface area contributed by atoms with Gasteiger partial charge in [-0.05, 0) is 50.7 Å².